The molecule has 0 spiro atoms. The number of hydrogen-bond donors (Lipinski definition) is 2. The largest absolute Gasteiger partial charge is 0.382 e. The molecule has 0 aromatic heterocycles. The fourth-order valence-electron chi connectivity index (χ4n) is 6.68. The molecule has 0 radical (unpaired) electrons. The van der Waals surface area contributed by atoms with Gasteiger partial charge in [-0.2, -0.15) is 0 Å². The lowest BCUT2D eigenvalue weighted by Gasteiger charge is -2.47. The number of piperidine rings is 1. The second kappa shape index (κ2) is 11.9. The maximum atomic E-state index is 15.1. The van der Waals surface area contributed by atoms with Crippen LogP contribution in [0.1, 0.15) is 99.3 Å². The topological polar surface area (TPSA) is 61.4 Å². The molecule has 1 heterocycles. The van der Waals surface area contributed by atoms with Crippen molar-refractivity contribution < 1.29 is 14.0 Å². The molecule has 2 amide bonds. The number of nitrogens with one attached hydrogen (secondary N) is 2. The van der Waals surface area contributed by atoms with Gasteiger partial charge in [-0.15, -0.1) is 0 Å². The number of aryl methyl sites for hydroxylation is 1. The highest BCUT2D eigenvalue weighted by molar-refractivity contribution is 5.99. The Bertz CT molecular complexity index is 1420. The first kappa shape index (κ1) is 29.8. The maximum absolute atomic E-state index is 15.1. The Balaban J connectivity index is 1.51. The van der Waals surface area contributed by atoms with Crippen LogP contribution < -0.4 is 10.6 Å². The average molecular weight is 570 g/mol. The summed E-state index contributed by atoms with van der Waals surface area (Å²) < 4.78 is 15.1. The summed E-state index contributed by atoms with van der Waals surface area (Å²) in [7, 11) is 0. The van der Waals surface area contributed by atoms with Crippen molar-refractivity contribution in [2.45, 2.75) is 90.6 Å². The van der Waals surface area contributed by atoms with Crippen molar-refractivity contribution in [3.8, 4) is 0 Å². The summed E-state index contributed by atoms with van der Waals surface area (Å²) in [5.41, 5.74) is 3.43. The normalized spacial score (nSPS) is 21.3. The number of rotatable bonds is 6. The highest BCUT2D eigenvalue weighted by atomic mass is 19.1. The van der Waals surface area contributed by atoms with E-state index in [0.717, 1.165) is 22.5 Å². The van der Waals surface area contributed by atoms with Crippen LogP contribution in [-0.4, -0.2) is 29.3 Å². The fourth-order valence-corrected chi connectivity index (χ4v) is 6.68. The third-order valence-electron chi connectivity index (χ3n) is 9.16. The molecule has 42 heavy (non-hydrogen) atoms. The minimum atomic E-state index is -0.939. The summed E-state index contributed by atoms with van der Waals surface area (Å²) in [6, 6.07) is 20.7. The Morgan fingerprint density at radius 2 is 1.62 bits per heavy atom. The van der Waals surface area contributed by atoms with E-state index in [-0.39, 0.29) is 22.8 Å². The summed E-state index contributed by atoms with van der Waals surface area (Å²) >= 11 is 0. The lowest BCUT2D eigenvalue weighted by molar-refractivity contribution is -0.130. The number of hydrogen-bond acceptors (Lipinski definition) is 3. The molecule has 3 aromatic carbocycles. The molecule has 5 rings (SSSR count). The van der Waals surface area contributed by atoms with Crippen molar-refractivity contribution in [2.75, 3.05) is 17.2 Å². The molecule has 1 unspecified atom stereocenters. The van der Waals surface area contributed by atoms with Crippen LogP contribution in [0.2, 0.25) is 0 Å². The van der Waals surface area contributed by atoms with Gasteiger partial charge in [-0.3, -0.25) is 9.59 Å². The molecule has 1 saturated carbocycles. The second-order valence-corrected chi connectivity index (χ2v) is 13.4. The quantitative estimate of drug-likeness (QED) is 0.313. The molecule has 2 aliphatic rings. The van der Waals surface area contributed by atoms with Crippen molar-refractivity contribution in [3.63, 3.8) is 0 Å². The van der Waals surface area contributed by atoms with E-state index in [1.54, 1.807) is 24.0 Å². The van der Waals surface area contributed by atoms with Gasteiger partial charge in [0.25, 0.3) is 5.91 Å². The summed E-state index contributed by atoms with van der Waals surface area (Å²) in [6.45, 7) is 10.6. The Morgan fingerprint density at radius 1 is 0.929 bits per heavy atom. The van der Waals surface area contributed by atoms with E-state index in [4.69, 9.17) is 0 Å². The molecule has 222 valence electrons. The summed E-state index contributed by atoms with van der Waals surface area (Å²) in [6.07, 6.45) is 6.08. The predicted molar refractivity (Wildman–Crippen MR) is 168 cm³/mol. The lowest BCUT2D eigenvalue weighted by atomic mass is 9.70. The number of carbonyl (C=O) groups excluding carboxylic acids is 2. The lowest BCUT2D eigenvalue weighted by Crippen LogP contribution is -2.52. The second-order valence-electron chi connectivity index (χ2n) is 13.4. The molecule has 1 aliphatic heterocycles. The fraction of sp³-hybridized carbons (Fsp3) is 0.444. The molecule has 1 saturated heterocycles. The first-order valence-electron chi connectivity index (χ1n) is 15.3. The monoisotopic (exact) mass is 569 g/mol. The first-order valence-corrected chi connectivity index (χ1v) is 15.3. The van der Waals surface area contributed by atoms with Crippen molar-refractivity contribution >= 4 is 23.2 Å². The zero-order valence-corrected chi connectivity index (χ0v) is 25.6. The number of amides is 2. The van der Waals surface area contributed by atoms with E-state index in [0.29, 0.717) is 31.0 Å². The van der Waals surface area contributed by atoms with Crippen molar-refractivity contribution in [1.82, 2.24) is 4.90 Å². The van der Waals surface area contributed by atoms with Crippen LogP contribution in [-0.2, 0) is 10.2 Å². The van der Waals surface area contributed by atoms with Gasteiger partial charge in [0, 0.05) is 24.0 Å². The Hall–Kier alpha value is -3.67. The molecule has 1 aliphatic carbocycles. The SMILES string of the molecule is Cc1cccc(F)c1C(=O)N1CCCC(C)(C(=O)Nc2cccc(C(C)(C)C)c2)[C@H]1c1ccc(NC2CCCC2)cc1. The predicted octanol–water partition coefficient (Wildman–Crippen LogP) is 8.41. The van der Waals surface area contributed by atoms with Crippen LogP contribution in [0.3, 0.4) is 0 Å². The van der Waals surface area contributed by atoms with Gasteiger partial charge < -0.3 is 15.5 Å². The van der Waals surface area contributed by atoms with Crippen LogP contribution >= 0.6 is 0 Å². The molecule has 6 heteroatoms. The van der Waals surface area contributed by atoms with Crippen molar-refractivity contribution in [1.29, 1.82) is 0 Å². The highest BCUT2D eigenvalue weighted by Crippen LogP contribution is 2.47. The van der Waals surface area contributed by atoms with E-state index in [2.05, 4.69) is 37.5 Å². The molecule has 2 N–H and O–H groups in total. The zero-order valence-electron chi connectivity index (χ0n) is 25.6. The summed E-state index contributed by atoms with van der Waals surface area (Å²) in [5, 5.41) is 6.81. The zero-order chi connectivity index (χ0) is 30.1. The van der Waals surface area contributed by atoms with Crippen molar-refractivity contribution in [2.24, 2.45) is 5.41 Å². The highest BCUT2D eigenvalue weighted by Gasteiger charge is 2.49. The van der Waals surface area contributed by atoms with Crippen LogP contribution in [0.4, 0.5) is 15.8 Å². The molecule has 5 nitrogen and oxygen atoms in total. The maximum Gasteiger partial charge on any atom is 0.257 e. The van der Waals surface area contributed by atoms with Crippen LogP contribution in [0.5, 0.6) is 0 Å². The third-order valence-corrected chi connectivity index (χ3v) is 9.16. The molecular formula is C36H44FN3O2. The summed E-state index contributed by atoms with van der Waals surface area (Å²) in [4.78, 5) is 30.0. The van der Waals surface area contributed by atoms with E-state index in [1.807, 2.05) is 49.4 Å². The van der Waals surface area contributed by atoms with E-state index in [1.165, 1.54) is 31.7 Å². The molecule has 3 aromatic rings. The Morgan fingerprint density at radius 3 is 2.29 bits per heavy atom. The van der Waals surface area contributed by atoms with Gasteiger partial charge in [0.15, 0.2) is 0 Å². The first-order chi connectivity index (χ1) is 20.0. The molecule has 2 fully saturated rings. The number of nitrogens with zero attached hydrogens (tertiary/aromatic N) is 1. The number of carbonyl (C=O) groups is 2. The Kier molecular flexibility index (Phi) is 8.45. The Labute approximate surface area is 249 Å². The van der Waals surface area contributed by atoms with Gasteiger partial charge in [-0.1, -0.05) is 70.0 Å². The summed E-state index contributed by atoms with van der Waals surface area (Å²) in [5.74, 6) is -1.06. The van der Waals surface area contributed by atoms with Gasteiger partial charge >= 0.3 is 0 Å². The number of likely N-dealkylation sites (tertiary alicyclic amines) is 1. The van der Waals surface area contributed by atoms with Gasteiger partial charge in [0.2, 0.25) is 5.91 Å². The van der Waals surface area contributed by atoms with Crippen LogP contribution in [0.15, 0.2) is 66.7 Å². The van der Waals surface area contributed by atoms with Crippen LogP contribution in [0.25, 0.3) is 0 Å². The van der Waals surface area contributed by atoms with Crippen molar-refractivity contribution in [3.05, 3.63) is 94.8 Å². The minimum Gasteiger partial charge on any atom is -0.382 e. The van der Waals surface area contributed by atoms with Crippen LogP contribution in [0, 0.1) is 18.2 Å². The smallest absolute Gasteiger partial charge is 0.257 e. The third kappa shape index (κ3) is 6.08. The van der Waals surface area contributed by atoms with Gasteiger partial charge in [0.1, 0.15) is 5.82 Å². The van der Waals surface area contributed by atoms with Gasteiger partial charge in [-0.25, -0.2) is 4.39 Å². The average Bonchev–Trinajstić information content (AvgIpc) is 3.46. The van der Waals surface area contributed by atoms with Gasteiger partial charge in [-0.05, 0) is 92.0 Å². The molecule has 0 bridgehead atoms. The van der Waals surface area contributed by atoms with E-state index in [9.17, 15) is 9.59 Å². The van der Waals surface area contributed by atoms with E-state index >= 15 is 4.39 Å². The molecular weight excluding hydrogens is 525 g/mol. The number of benzene rings is 3. The standard InChI is InChI=1S/C36H44FN3O2/c1-24-11-8-16-30(37)31(24)33(41)40-22-10-21-36(5,34(42)39-29-15-9-12-26(23-29)35(2,3)4)32(40)25-17-19-28(20-18-25)38-27-13-6-7-14-27/h8-9,11-12,15-20,23,27,32,38H,6-7,10,13-14,21-22H2,1-5H3,(H,39,42)/t32-,36?/m1/s1. The molecule has 2 atom stereocenters. The number of halogens is 1. The van der Waals surface area contributed by atoms with E-state index < -0.39 is 17.3 Å². The number of anilines is 2. The minimum absolute atomic E-state index is 0.0624. The van der Waals surface area contributed by atoms with Gasteiger partial charge in [0.05, 0.1) is 17.0 Å².